The topological polar surface area (TPSA) is 62.7 Å². The fourth-order valence-corrected chi connectivity index (χ4v) is 2.64. The molecule has 2 heterocycles. The van der Waals surface area contributed by atoms with E-state index in [2.05, 4.69) is 9.88 Å². The summed E-state index contributed by atoms with van der Waals surface area (Å²) in [6, 6.07) is 3.28. The molecule has 0 amide bonds. The number of hydrogen-bond donors (Lipinski definition) is 1. The van der Waals surface area contributed by atoms with E-state index in [1.165, 1.54) is 6.42 Å². The van der Waals surface area contributed by atoms with Crippen molar-refractivity contribution in [2.24, 2.45) is 5.92 Å². The fourth-order valence-electron chi connectivity index (χ4n) is 2.64. The lowest BCUT2D eigenvalue weighted by atomic mass is 9.98. The summed E-state index contributed by atoms with van der Waals surface area (Å²) in [7, 11) is 1.72. The average molecular weight is 264 g/mol. The van der Waals surface area contributed by atoms with Crippen molar-refractivity contribution < 1.29 is 14.6 Å². The molecule has 1 unspecified atom stereocenters. The lowest BCUT2D eigenvalue weighted by Gasteiger charge is -2.32. The molecule has 19 heavy (non-hydrogen) atoms. The predicted molar refractivity (Wildman–Crippen MR) is 71.1 cm³/mol. The number of carbonyl (C=O) groups is 1. The first-order valence-corrected chi connectivity index (χ1v) is 6.59. The second-order valence-corrected chi connectivity index (χ2v) is 5.00. The van der Waals surface area contributed by atoms with Gasteiger partial charge in [0, 0.05) is 26.4 Å². The number of rotatable bonds is 5. The number of carboxylic acids is 1. The second-order valence-electron chi connectivity index (χ2n) is 5.00. The zero-order valence-corrected chi connectivity index (χ0v) is 11.2. The van der Waals surface area contributed by atoms with Crippen molar-refractivity contribution in [2.45, 2.75) is 19.4 Å². The molecule has 0 radical (unpaired) electrons. The second kappa shape index (κ2) is 6.63. The molecule has 1 aliphatic rings. The maximum Gasteiger partial charge on any atom is 0.337 e. The van der Waals surface area contributed by atoms with Gasteiger partial charge in [-0.2, -0.15) is 0 Å². The van der Waals surface area contributed by atoms with E-state index in [1.54, 1.807) is 25.4 Å². The Morgan fingerprint density at radius 1 is 1.63 bits per heavy atom. The predicted octanol–water partition coefficient (Wildman–Crippen LogP) is 1.64. The fraction of sp³-hybridized carbons (Fsp3) is 0.571. The number of likely N-dealkylation sites (tertiary alicyclic amines) is 1. The maximum absolute atomic E-state index is 11.2. The van der Waals surface area contributed by atoms with E-state index in [4.69, 9.17) is 9.84 Å². The van der Waals surface area contributed by atoms with Crippen molar-refractivity contribution in [3.8, 4) is 0 Å². The van der Waals surface area contributed by atoms with Crippen LogP contribution in [0.4, 0.5) is 0 Å². The number of aromatic nitrogens is 1. The van der Waals surface area contributed by atoms with Crippen molar-refractivity contribution in [3.63, 3.8) is 0 Å². The highest BCUT2D eigenvalue weighted by atomic mass is 16.5. The molecule has 1 aromatic rings. The highest BCUT2D eigenvalue weighted by molar-refractivity contribution is 5.88. The molecule has 1 saturated heterocycles. The minimum atomic E-state index is -0.909. The third-order valence-corrected chi connectivity index (χ3v) is 3.50. The van der Waals surface area contributed by atoms with Crippen LogP contribution in [0.5, 0.6) is 0 Å². The smallest absolute Gasteiger partial charge is 0.337 e. The van der Waals surface area contributed by atoms with Gasteiger partial charge in [0.15, 0.2) is 0 Å². The minimum absolute atomic E-state index is 0.302. The van der Waals surface area contributed by atoms with Crippen LogP contribution in [0.3, 0.4) is 0 Å². The molecule has 1 atom stereocenters. The normalized spacial score (nSPS) is 20.4. The largest absolute Gasteiger partial charge is 0.478 e. The van der Waals surface area contributed by atoms with Crippen molar-refractivity contribution >= 4 is 5.97 Å². The van der Waals surface area contributed by atoms with Crippen LogP contribution < -0.4 is 0 Å². The Morgan fingerprint density at radius 3 is 3.21 bits per heavy atom. The average Bonchev–Trinajstić information content (AvgIpc) is 2.40. The van der Waals surface area contributed by atoms with E-state index >= 15 is 0 Å². The van der Waals surface area contributed by atoms with Crippen LogP contribution >= 0.6 is 0 Å². The summed E-state index contributed by atoms with van der Waals surface area (Å²) < 4.78 is 5.21. The molecule has 0 aliphatic carbocycles. The first-order chi connectivity index (χ1) is 9.20. The Balaban J connectivity index is 2.02. The highest BCUT2D eigenvalue weighted by Gasteiger charge is 2.21. The molecule has 104 valence electrons. The van der Waals surface area contributed by atoms with Gasteiger partial charge >= 0.3 is 5.97 Å². The monoisotopic (exact) mass is 264 g/mol. The molecule has 0 bridgehead atoms. The Bertz CT molecular complexity index is 434. The molecule has 0 aromatic carbocycles. The number of pyridine rings is 1. The first kappa shape index (κ1) is 14.0. The lowest BCUT2D eigenvalue weighted by molar-refractivity contribution is 0.0688. The Hall–Kier alpha value is -1.46. The third-order valence-electron chi connectivity index (χ3n) is 3.50. The molecule has 5 heteroatoms. The van der Waals surface area contributed by atoms with Gasteiger partial charge in [0.05, 0.1) is 17.9 Å². The van der Waals surface area contributed by atoms with Crippen molar-refractivity contribution in [1.29, 1.82) is 0 Å². The van der Waals surface area contributed by atoms with Gasteiger partial charge in [0.2, 0.25) is 0 Å². The van der Waals surface area contributed by atoms with Gasteiger partial charge in [0.1, 0.15) is 0 Å². The molecule has 2 rings (SSSR count). The summed E-state index contributed by atoms with van der Waals surface area (Å²) in [5, 5.41) is 9.15. The maximum atomic E-state index is 11.2. The molecular formula is C14H20N2O3. The van der Waals surface area contributed by atoms with Gasteiger partial charge in [0.25, 0.3) is 0 Å². The number of piperidine rings is 1. The number of ether oxygens (including phenoxy) is 1. The molecule has 1 aromatic heterocycles. The highest BCUT2D eigenvalue weighted by Crippen LogP contribution is 2.19. The number of carboxylic acid groups (broad SMARTS) is 1. The first-order valence-electron chi connectivity index (χ1n) is 6.59. The third kappa shape index (κ3) is 3.75. The quantitative estimate of drug-likeness (QED) is 0.876. The van der Waals surface area contributed by atoms with Gasteiger partial charge in [-0.05, 0) is 37.4 Å². The van der Waals surface area contributed by atoms with E-state index in [0.29, 0.717) is 23.7 Å². The number of hydrogen-bond acceptors (Lipinski definition) is 4. The van der Waals surface area contributed by atoms with E-state index < -0.39 is 5.97 Å². The van der Waals surface area contributed by atoms with Crippen LogP contribution in [0, 0.1) is 5.92 Å². The van der Waals surface area contributed by atoms with Gasteiger partial charge in [-0.1, -0.05) is 0 Å². The van der Waals surface area contributed by atoms with E-state index in [1.807, 2.05) is 0 Å². The summed E-state index contributed by atoms with van der Waals surface area (Å²) in [5.41, 5.74) is 0.949. The Kier molecular flexibility index (Phi) is 4.87. The van der Waals surface area contributed by atoms with Crippen LogP contribution in [-0.2, 0) is 11.3 Å². The van der Waals surface area contributed by atoms with Crippen molar-refractivity contribution in [1.82, 2.24) is 9.88 Å². The SMILES string of the molecule is COCC1CCCN(Cc2ncccc2C(=O)O)C1. The number of nitrogens with zero attached hydrogens (tertiary/aromatic N) is 2. The van der Waals surface area contributed by atoms with Gasteiger partial charge in [-0.3, -0.25) is 9.88 Å². The molecule has 5 nitrogen and oxygen atoms in total. The molecule has 0 saturated carbocycles. The molecule has 1 aliphatic heterocycles. The zero-order valence-electron chi connectivity index (χ0n) is 11.2. The number of methoxy groups -OCH3 is 1. The summed E-state index contributed by atoms with van der Waals surface area (Å²) in [6.07, 6.45) is 3.96. The van der Waals surface area contributed by atoms with Crippen LogP contribution in [0.25, 0.3) is 0 Å². The van der Waals surface area contributed by atoms with Crippen LogP contribution in [-0.4, -0.2) is 47.8 Å². The minimum Gasteiger partial charge on any atom is -0.478 e. The summed E-state index contributed by atoms with van der Waals surface area (Å²) in [4.78, 5) is 17.6. The van der Waals surface area contributed by atoms with Gasteiger partial charge in [-0.15, -0.1) is 0 Å². The zero-order chi connectivity index (χ0) is 13.7. The summed E-state index contributed by atoms with van der Waals surface area (Å²) >= 11 is 0. The van der Waals surface area contributed by atoms with Gasteiger partial charge < -0.3 is 9.84 Å². The van der Waals surface area contributed by atoms with Gasteiger partial charge in [-0.25, -0.2) is 4.79 Å². The summed E-state index contributed by atoms with van der Waals surface area (Å²) in [5.74, 6) is -0.371. The molecule has 1 N–H and O–H groups in total. The van der Waals surface area contributed by atoms with Crippen molar-refractivity contribution in [3.05, 3.63) is 29.6 Å². The lowest BCUT2D eigenvalue weighted by Crippen LogP contribution is -2.37. The standard InChI is InChI=1S/C14H20N2O3/c1-19-10-11-4-3-7-16(8-11)9-13-12(14(17)18)5-2-6-15-13/h2,5-6,11H,3-4,7-10H2,1H3,(H,17,18). The van der Waals surface area contributed by atoms with E-state index in [-0.39, 0.29) is 0 Å². The van der Waals surface area contributed by atoms with E-state index in [9.17, 15) is 4.79 Å². The van der Waals surface area contributed by atoms with Crippen molar-refractivity contribution in [2.75, 3.05) is 26.8 Å². The number of aromatic carboxylic acids is 1. The van der Waals surface area contributed by atoms with E-state index in [0.717, 1.165) is 26.1 Å². The molecular weight excluding hydrogens is 244 g/mol. The van der Waals surface area contributed by atoms with Crippen LogP contribution in [0.15, 0.2) is 18.3 Å². The molecule has 1 fully saturated rings. The summed E-state index contributed by atoms with van der Waals surface area (Å²) in [6.45, 7) is 3.31. The van der Waals surface area contributed by atoms with Crippen LogP contribution in [0.1, 0.15) is 28.9 Å². The Morgan fingerprint density at radius 2 is 2.47 bits per heavy atom. The molecule has 0 spiro atoms. The Labute approximate surface area is 113 Å². The van der Waals surface area contributed by atoms with Crippen LogP contribution in [0.2, 0.25) is 0 Å².